The first kappa shape index (κ1) is 16.2. The fraction of sp³-hybridized carbons (Fsp3) is 0.190. The van der Waals surface area contributed by atoms with Gasteiger partial charge in [-0.25, -0.2) is 9.98 Å². The Morgan fingerprint density at radius 3 is 2.70 bits per heavy atom. The Hall–Kier alpha value is -2.99. The van der Waals surface area contributed by atoms with Gasteiger partial charge in [-0.1, -0.05) is 53.8 Å². The van der Waals surface area contributed by atoms with Crippen molar-refractivity contribution < 1.29 is 4.79 Å². The van der Waals surface area contributed by atoms with Crippen molar-refractivity contribution in [3.05, 3.63) is 71.4 Å². The summed E-state index contributed by atoms with van der Waals surface area (Å²) in [5.74, 6) is 0.844. The highest BCUT2D eigenvalue weighted by atomic mass is 32.1. The molecule has 134 valence electrons. The number of rotatable bonds is 2. The van der Waals surface area contributed by atoms with Crippen LogP contribution in [0.2, 0.25) is 0 Å². The van der Waals surface area contributed by atoms with E-state index in [4.69, 9.17) is 4.99 Å². The molecule has 1 aromatic heterocycles. The van der Waals surface area contributed by atoms with E-state index >= 15 is 0 Å². The lowest BCUT2D eigenvalue weighted by molar-refractivity contribution is -0.116. The quantitative estimate of drug-likeness (QED) is 0.697. The normalized spacial score (nSPS) is 19.5. The highest BCUT2D eigenvalue weighted by molar-refractivity contribution is 7.22. The predicted octanol–water partition coefficient (Wildman–Crippen LogP) is 4.42. The number of hydrogen-bond acceptors (Lipinski definition) is 6. The standard InChI is InChI=1S/C21H18N4OS/c26-16-11-6-10-15-18(16)19(13-7-2-1-3-8-13)24-20(22-15)25-21-23-14-9-4-5-12-17(14)27-21/h1-5,7-9,12,19H,6,10-11H2,(H2,22,23,24,25)/t19-/m1/s1. The van der Waals surface area contributed by atoms with Crippen LogP contribution in [0.4, 0.5) is 5.13 Å². The van der Waals surface area contributed by atoms with Crippen LogP contribution in [0.3, 0.4) is 0 Å². The van der Waals surface area contributed by atoms with Crippen molar-refractivity contribution in [1.82, 2.24) is 10.3 Å². The van der Waals surface area contributed by atoms with Crippen molar-refractivity contribution in [3.63, 3.8) is 0 Å². The third-order valence-corrected chi connectivity index (χ3v) is 5.84. The number of benzene rings is 2. The lowest BCUT2D eigenvalue weighted by Crippen LogP contribution is -2.38. The first-order chi connectivity index (χ1) is 13.3. The number of nitrogens with zero attached hydrogens (tertiary/aromatic N) is 2. The summed E-state index contributed by atoms with van der Waals surface area (Å²) < 4.78 is 1.13. The third-order valence-electron chi connectivity index (χ3n) is 4.89. The van der Waals surface area contributed by atoms with Crippen LogP contribution < -0.4 is 10.6 Å². The van der Waals surface area contributed by atoms with Gasteiger partial charge < -0.3 is 10.6 Å². The molecule has 2 aliphatic rings. The number of allylic oxidation sites excluding steroid dienone is 1. The van der Waals surface area contributed by atoms with Gasteiger partial charge in [0, 0.05) is 17.7 Å². The Balaban J connectivity index is 1.52. The number of thiazole rings is 1. The molecule has 0 bridgehead atoms. The Labute approximate surface area is 160 Å². The average molecular weight is 374 g/mol. The largest absolute Gasteiger partial charge is 0.329 e. The van der Waals surface area contributed by atoms with E-state index in [-0.39, 0.29) is 11.8 Å². The van der Waals surface area contributed by atoms with Crippen molar-refractivity contribution in [2.75, 3.05) is 5.32 Å². The molecule has 1 aliphatic heterocycles. The maximum Gasteiger partial charge on any atom is 0.202 e. The minimum Gasteiger partial charge on any atom is -0.329 e. The van der Waals surface area contributed by atoms with Gasteiger partial charge in [0.2, 0.25) is 5.96 Å². The summed E-state index contributed by atoms with van der Waals surface area (Å²) in [4.78, 5) is 22.1. The molecule has 1 atom stereocenters. The maximum absolute atomic E-state index is 12.6. The molecular formula is C21H18N4OS. The molecule has 2 aromatic carbocycles. The van der Waals surface area contributed by atoms with Crippen LogP contribution in [0.5, 0.6) is 0 Å². The number of hydrogen-bond donors (Lipinski definition) is 2. The van der Waals surface area contributed by atoms with E-state index in [0.717, 1.165) is 45.0 Å². The van der Waals surface area contributed by atoms with E-state index in [1.54, 1.807) is 11.3 Å². The second-order valence-electron chi connectivity index (χ2n) is 6.70. The molecule has 0 saturated heterocycles. The number of guanidine groups is 1. The van der Waals surface area contributed by atoms with Gasteiger partial charge in [-0.05, 0) is 30.5 Å². The molecule has 5 rings (SSSR count). The summed E-state index contributed by atoms with van der Waals surface area (Å²) in [6.07, 6.45) is 2.34. The fourth-order valence-electron chi connectivity index (χ4n) is 3.65. The van der Waals surface area contributed by atoms with Crippen molar-refractivity contribution in [2.24, 2.45) is 4.99 Å². The molecule has 0 saturated carbocycles. The Morgan fingerprint density at radius 1 is 1.04 bits per heavy atom. The van der Waals surface area contributed by atoms with Gasteiger partial charge in [0.1, 0.15) is 6.04 Å². The van der Waals surface area contributed by atoms with E-state index in [1.807, 2.05) is 48.5 Å². The zero-order valence-electron chi connectivity index (χ0n) is 14.6. The Morgan fingerprint density at radius 2 is 1.85 bits per heavy atom. The molecule has 6 heteroatoms. The molecule has 3 aromatic rings. The number of ketones is 1. The van der Waals surface area contributed by atoms with Crippen molar-refractivity contribution in [3.8, 4) is 0 Å². The summed E-state index contributed by atoms with van der Waals surface area (Å²) in [5, 5.41) is 7.45. The summed E-state index contributed by atoms with van der Waals surface area (Å²) in [6, 6.07) is 17.8. The molecule has 2 N–H and O–H groups in total. The van der Waals surface area contributed by atoms with Gasteiger partial charge in [-0.15, -0.1) is 0 Å². The number of aliphatic imine (C=N–C) groups is 1. The number of carbonyl (C=O) groups excluding carboxylic acids is 1. The molecule has 0 amide bonds. The number of aromatic nitrogens is 1. The zero-order valence-corrected chi connectivity index (χ0v) is 15.4. The van der Waals surface area contributed by atoms with Crippen molar-refractivity contribution in [1.29, 1.82) is 0 Å². The summed E-state index contributed by atoms with van der Waals surface area (Å²) >= 11 is 1.59. The monoisotopic (exact) mass is 374 g/mol. The topological polar surface area (TPSA) is 66.4 Å². The van der Waals surface area contributed by atoms with E-state index < -0.39 is 0 Å². The smallest absolute Gasteiger partial charge is 0.202 e. The van der Waals surface area contributed by atoms with E-state index in [1.165, 1.54) is 0 Å². The molecule has 27 heavy (non-hydrogen) atoms. The second kappa shape index (κ2) is 6.63. The minimum absolute atomic E-state index is 0.195. The van der Waals surface area contributed by atoms with Crippen LogP contribution in [-0.4, -0.2) is 16.7 Å². The first-order valence-corrected chi connectivity index (χ1v) is 9.88. The first-order valence-electron chi connectivity index (χ1n) is 9.06. The number of Topliss-reactive ketones (excluding diaryl/α,β-unsaturated/α-hetero) is 1. The summed E-state index contributed by atoms with van der Waals surface area (Å²) in [6.45, 7) is 0. The fourth-order valence-corrected chi connectivity index (χ4v) is 4.51. The van der Waals surface area contributed by atoms with Gasteiger partial charge in [0.25, 0.3) is 0 Å². The van der Waals surface area contributed by atoms with Crippen molar-refractivity contribution in [2.45, 2.75) is 25.3 Å². The van der Waals surface area contributed by atoms with Crippen molar-refractivity contribution >= 4 is 38.4 Å². The molecule has 2 heterocycles. The van der Waals surface area contributed by atoms with Gasteiger partial charge in [0.15, 0.2) is 10.9 Å². The van der Waals surface area contributed by atoms with Gasteiger partial charge in [-0.3, -0.25) is 4.79 Å². The highest BCUT2D eigenvalue weighted by Crippen LogP contribution is 2.36. The number of anilines is 1. The molecule has 1 aliphatic carbocycles. The van der Waals surface area contributed by atoms with Crippen LogP contribution in [-0.2, 0) is 4.79 Å². The molecule has 0 fully saturated rings. The van der Waals surface area contributed by atoms with Crippen LogP contribution in [0.1, 0.15) is 30.9 Å². The van der Waals surface area contributed by atoms with Gasteiger partial charge >= 0.3 is 0 Å². The predicted molar refractivity (Wildman–Crippen MR) is 109 cm³/mol. The molecule has 0 radical (unpaired) electrons. The zero-order chi connectivity index (χ0) is 18.2. The maximum atomic E-state index is 12.6. The van der Waals surface area contributed by atoms with E-state index in [9.17, 15) is 4.79 Å². The van der Waals surface area contributed by atoms with E-state index in [0.29, 0.717) is 12.4 Å². The second-order valence-corrected chi connectivity index (χ2v) is 7.73. The summed E-state index contributed by atoms with van der Waals surface area (Å²) in [7, 11) is 0. The third kappa shape index (κ3) is 3.02. The Bertz CT molecular complexity index is 1050. The van der Waals surface area contributed by atoms with Crippen LogP contribution in [0, 0.1) is 0 Å². The van der Waals surface area contributed by atoms with Gasteiger partial charge in [-0.2, -0.15) is 0 Å². The number of nitrogens with one attached hydrogen (secondary N) is 2. The number of fused-ring (bicyclic) bond motifs is 1. The number of para-hydroxylation sites is 1. The summed E-state index contributed by atoms with van der Waals surface area (Å²) in [5.41, 5.74) is 3.79. The highest BCUT2D eigenvalue weighted by Gasteiger charge is 2.32. The lowest BCUT2D eigenvalue weighted by atomic mass is 9.86. The van der Waals surface area contributed by atoms with Gasteiger partial charge in [0.05, 0.1) is 10.2 Å². The number of carbonyl (C=O) groups is 1. The molecule has 0 unspecified atom stereocenters. The van der Waals surface area contributed by atoms with Crippen LogP contribution in [0.15, 0.2) is 70.9 Å². The SMILES string of the molecule is O=C1CCCC2=C1[C@@H](c1ccccc1)N=C(Nc1nc3ccccc3s1)N2. The van der Waals surface area contributed by atoms with Crippen LogP contribution in [0.25, 0.3) is 10.2 Å². The Kier molecular flexibility index (Phi) is 3.98. The van der Waals surface area contributed by atoms with Crippen LogP contribution >= 0.6 is 11.3 Å². The average Bonchev–Trinajstić information content (AvgIpc) is 3.10. The van der Waals surface area contributed by atoms with E-state index in [2.05, 4.69) is 21.7 Å². The lowest BCUT2D eigenvalue weighted by Gasteiger charge is -2.30. The molecule has 5 nitrogen and oxygen atoms in total. The molecular weight excluding hydrogens is 356 g/mol. The minimum atomic E-state index is -0.271. The molecule has 0 spiro atoms.